The number of amides is 1. The number of likely N-dealkylation sites (N-methyl/N-ethyl adjacent to an activating group) is 1. The molecule has 3 N–H and O–H groups in total. The van der Waals surface area contributed by atoms with Crippen LogP contribution in [0, 0.1) is 0 Å². The van der Waals surface area contributed by atoms with Crippen LogP contribution in [-0.2, 0) is 17.6 Å². The van der Waals surface area contributed by atoms with E-state index in [0.29, 0.717) is 10.8 Å². The molecule has 2 aromatic carbocycles. The number of carbonyl (C=O) groups is 1. The number of thiazole rings is 1. The van der Waals surface area contributed by atoms with Crippen molar-refractivity contribution in [1.82, 2.24) is 4.98 Å². The molecule has 0 aliphatic carbocycles. The van der Waals surface area contributed by atoms with Gasteiger partial charge in [-0.2, -0.15) is 0 Å². The van der Waals surface area contributed by atoms with Crippen molar-refractivity contribution in [2.24, 2.45) is 0 Å². The maximum Gasteiger partial charge on any atom is 0.230 e. The third-order valence-electron chi connectivity index (χ3n) is 4.32. The second kappa shape index (κ2) is 9.19. The Morgan fingerprint density at radius 1 is 1.15 bits per heavy atom. The molecule has 3 aromatic rings. The third kappa shape index (κ3) is 5.56. The molecule has 0 radical (unpaired) electrons. The monoisotopic (exact) mass is 380 g/mol. The van der Waals surface area contributed by atoms with Crippen molar-refractivity contribution in [1.29, 1.82) is 0 Å². The largest absolute Gasteiger partial charge is 0.375 e. The van der Waals surface area contributed by atoms with Gasteiger partial charge in [-0.3, -0.25) is 4.79 Å². The summed E-state index contributed by atoms with van der Waals surface area (Å²) in [5.41, 5.74) is 9.57. The standard InChI is InChI=1S/C21H24N4OS/c1-2-25(19-6-4-3-5-7-19)13-12-16-8-10-17(11-9-16)23-20(26)14-18-15-27-21(22)24-18/h3-11,15H,2,12-14H2,1H3,(H2,22,24)(H,23,26). The molecule has 3 rings (SSSR count). The van der Waals surface area contributed by atoms with Gasteiger partial charge in [-0.25, -0.2) is 4.98 Å². The summed E-state index contributed by atoms with van der Waals surface area (Å²) in [6, 6.07) is 18.5. The van der Waals surface area contributed by atoms with E-state index in [-0.39, 0.29) is 12.3 Å². The van der Waals surface area contributed by atoms with Crippen LogP contribution < -0.4 is 16.0 Å². The third-order valence-corrected chi connectivity index (χ3v) is 5.05. The Hall–Kier alpha value is -2.86. The predicted octanol–water partition coefficient (Wildman–Crippen LogP) is 3.98. The average Bonchev–Trinajstić information content (AvgIpc) is 3.09. The molecule has 1 amide bonds. The van der Waals surface area contributed by atoms with Crippen LogP contribution in [0.4, 0.5) is 16.5 Å². The van der Waals surface area contributed by atoms with Gasteiger partial charge in [0.05, 0.1) is 12.1 Å². The normalized spacial score (nSPS) is 10.6. The van der Waals surface area contributed by atoms with Crippen molar-refractivity contribution in [2.75, 3.05) is 29.0 Å². The van der Waals surface area contributed by atoms with E-state index in [1.54, 1.807) is 0 Å². The zero-order chi connectivity index (χ0) is 19.1. The highest BCUT2D eigenvalue weighted by Crippen LogP contribution is 2.16. The van der Waals surface area contributed by atoms with E-state index in [2.05, 4.69) is 58.5 Å². The topological polar surface area (TPSA) is 71.2 Å². The van der Waals surface area contributed by atoms with E-state index >= 15 is 0 Å². The molecule has 0 aliphatic heterocycles. The van der Waals surface area contributed by atoms with Gasteiger partial charge in [0.1, 0.15) is 0 Å². The highest BCUT2D eigenvalue weighted by Gasteiger charge is 2.08. The van der Waals surface area contributed by atoms with Crippen molar-refractivity contribution >= 4 is 33.8 Å². The summed E-state index contributed by atoms with van der Waals surface area (Å²) in [6.07, 6.45) is 1.19. The Morgan fingerprint density at radius 2 is 1.89 bits per heavy atom. The molecule has 0 spiro atoms. The highest BCUT2D eigenvalue weighted by molar-refractivity contribution is 7.13. The van der Waals surface area contributed by atoms with Crippen molar-refractivity contribution < 1.29 is 4.79 Å². The van der Waals surface area contributed by atoms with Crippen LogP contribution in [-0.4, -0.2) is 24.0 Å². The molecule has 0 bridgehead atoms. The maximum absolute atomic E-state index is 12.1. The van der Waals surface area contributed by atoms with Crippen LogP contribution in [0.25, 0.3) is 0 Å². The molecule has 6 heteroatoms. The number of carbonyl (C=O) groups excluding carboxylic acids is 1. The van der Waals surface area contributed by atoms with Crippen molar-refractivity contribution in [3.63, 3.8) is 0 Å². The van der Waals surface area contributed by atoms with Crippen molar-refractivity contribution in [3.8, 4) is 0 Å². The molecule has 0 unspecified atom stereocenters. The molecular formula is C21H24N4OS. The van der Waals surface area contributed by atoms with E-state index in [9.17, 15) is 4.79 Å². The first-order valence-corrected chi connectivity index (χ1v) is 9.90. The quantitative estimate of drug-likeness (QED) is 0.620. The fourth-order valence-corrected chi connectivity index (χ4v) is 3.46. The first-order valence-electron chi connectivity index (χ1n) is 9.02. The Bertz CT molecular complexity index is 861. The molecule has 1 aromatic heterocycles. The fraction of sp³-hybridized carbons (Fsp3) is 0.238. The number of nitrogen functional groups attached to an aromatic ring is 1. The summed E-state index contributed by atoms with van der Waals surface area (Å²) in [7, 11) is 0. The fourth-order valence-electron chi connectivity index (χ4n) is 2.90. The molecule has 1 heterocycles. The number of benzene rings is 2. The number of nitrogens with one attached hydrogen (secondary N) is 1. The average molecular weight is 381 g/mol. The summed E-state index contributed by atoms with van der Waals surface area (Å²) in [5, 5.41) is 5.20. The van der Waals surface area contributed by atoms with E-state index in [0.717, 1.165) is 25.2 Å². The Kier molecular flexibility index (Phi) is 6.44. The second-order valence-corrected chi connectivity index (χ2v) is 7.15. The van der Waals surface area contributed by atoms with Gasteiger partial charge < -0.3 is 16.0 Å². The molecule has 5 nitrogen and oxygen atoms in total. The zero-order valence-electron chi connectivity index (χ0n) is 15.4. The number of para-hydroxylation sites is 1. The second-order valence-electron chi connectivity index (χ2n) is 6.26. The zero-order valence-corrected chi connectivity index (χ0v) is 16.2. The summed E-state index contributed by atoms with van der Waals surface area (Å²) in [4.78, 5) is 18.6. The molecule has 0 saturated carbocycles. The molecule has 27 heavy (non-hydrogen) atoms. The maximum atomic E-state index is 12.1. The van der Waals surface area contributed by atoms with Crippen LogP contribution >= 0.6 is 11.3 Å². The number of nitrogens with two attached hydrogens (primary N) is 1. The predicted molar refractivity (Wildman–Crippen MR) is 113 cm³/mol. The lowest BCUT2D eigenvalue weighted by Gasteiger charge is -2.23. The van der Waals surface area contributed by atoms with Crippen molar-refractivity contribution in [3.05, 3.63) is 71.2 Å². The van der Waals surface area contributed by atoms with Gasteiger partial charge in [-0.1, -0.05) is 30.3 Å². The molecule has 0 atom stereocenters. The smallest absolute Gasteiger partial charge is 0.230 e. The van der Waals surface area contributed by atoms with Crippen molar-refractivity contribution in [2.45, 2.75) is 19.8 Å². The number of anilines is 3. The Balaban J connectivity index is 1.51. The number of rotatable bonds is 8. The number of hydrogen-bond acceptors (Lipinski definition) is 5. The number of hydrogen-bond donors (Lipinski definition) is 2. The molecular weight excluding hydrogens is 356 g/mol. The lowest BCUT2D eigenvalue weighted by Crippen LogP contribution is -2.25. The minimum absolute atomic E-state index is 0.0886. The van der Waals surface area contributed by atoms with E-state index in [1.807, 2.05) is 23.6 Å². The van der Waals surface area contributed by atoms with Gasteiger partial charge in [0, 0.05) is 29.8 Å². The summed E-state index contributed by atoms with van der Waals surface area (Å²) in [5.74, 6) is -0.0886. The van der Waals surface area contributed by atoms with Crippen LogP contribution in [0.2, 0.25) is 0 Å². The van der Waals surface area contributed by atoms with Gasteiger partial charge in [-0.15, -0.1) is 11.3 Å². The lowest BCUT2D eigenvalue weighted by molar-refractivity contribution is -0.115. The van der Waals surface area contributed by atoms with Gasteiger partial charge in [0.25, 0.3) is 0 Å². The van der Waals surface area contributed by atoms with Crippen LogP contribution in [0.3, 0.4) is 0 Å². The Labute approximate surface area is 163 Å². The van der Waals surface area contributed by atoms with Gasteiger partial charge in [0.2, 0.25) is 5.91 Å². The first kappa shape index (κ1) is 18.9. The summed E-state index contributed by atoms with van der Waals surface area (Å²) in [6.45, 7) is 4.10. The van der Waals surface area contributed by atoms with Crippen LogP contribution in [0.5, 0.6) is 0 Å². The lowest BCUT2D eigenvalue weighted by atomic mass is 10.1. The first-order chi connectivity index (χ1) is 13.1. The molecule has 140 valence electrons. The SMILES string of the molecule is CCN(CCc1ccc(NC(=O)Cc2csc(N)n2)cc1)c1ccccc1. The van der Waals surface area contributed by atoms with E-state index in [4.69, 9.17) is 5.73 Å². The summed E-state index contributed by atoms with van der Waals surface area (Å²) >= 11 is 1.35. The molecule has 0 fully saturated rings. The molecule has 0 saturated heterocycles. The number of nitrogens with zero attached hydrogens (tertiary/aromatic N) is 2. The minimum atomic E-state index is -0.0886. The van der Waals surface area contributed by atoms with E-state index < -0.39 is 0 Å². The van der Waals surface area contributed by atoms with E-state index in [1.165, 1.54) is 22.6 Å². The Morgan fingerprint density at radius 3 is 2.52 bits per heavy atom. The molecule has 0 aliphatic rings. The summed E-state index contributed by atoms with van der Waals surface area (Å²) < 4.78 is 0. The number of aromatic nitrogens is 1. The highest BCUT2D eigenvalue weighted by atomic mass is 32.1. The minimum Gasteiger partial charge on any atom is -0.375 e. The van der Waals surface area contributed by atoms with Crippen LogP contribution in [0.1, 0.15) is 18.2 Å². The van der Waals surface area contributed by atoms with Gasteiger partial charge in [-0.05, 0) is 43.2 Å². The van der Waals surface area contributed by atoms with Gasteiger partial charge in [0.15, 0.2) is 5.13 Å². The van der Waals surface area contributed by atoms with Gasteiger partial charge >= 0.3 is 0 Å². The van der Waals surface area contributed by atoms with Crippen LogP contribution in [0.15, 0.2) is 60.0 Å².